The van der Waals surface area contributed by atoms with Crippen molar-refractivity contribution >= 4 is 33.2 Å². The lowest BCUT2D eigenvalue weighted by molar-refractivity contribution is 0.100. The molecule has 15 heavy (non-hydrogen) atoms. The minimum atomic E-state index is -4.00. The van der Waals surface area contributed by atoms with Gasteiger partial charge in [0.05, 0.1) is 10.6 Å². The first-order valence-electron chi connectivity index (χ1n) is 3.65. The zero-order valence-corrected chi connectivity index (χ0v) is 8.97. The van der Waals surface area contributed by atoms with Crippen molar-refractivity contribution in [1.29, 1.82) is 0 Å². The molecule has 1 aromatic rings. The van der Waals surface area contributed by atoms with Gasteiger partial charge in [0.15, 0.2) is 0 Å². The summed E-state index contributed by atoms with van der Waals surface area (Å²) in [7, 11) is -4.00. The molecule has 0 aliphatic rings. The number of benzene rings is 1. The van der Waals surface area contributed by atoms with Crippen molar-refractivity contribution in [3.05, 3.63) is 22.7 Å². The lowest BCUT2D eigenvalue weighted by Crippen LogP contribution is -2.17. The molecule has 0 aliphatic heterocycles. The van der Waals surface area contributed by atoms with Gasteiger partial charge in [-0.15, -0.1) is 0 Å². The van der Waals surface area contributed by atoms with Gasteiger partial charge in [-0.3, -0.25) is 4.79 Å². The Morgan fingerprint density at radius 2 is 1.87 bits per heavy atom. The summed E-state index contributed by atoms with van der Waals surface area (Å²) < 4.78 is 22.1. The van der Waals surface area contributed by atoms with Gasteiger partial charge in [-0.2, -0.15) is 0 Å². The second-order valence-corrected chi connectivity index (χ2v) is 4.72. The van der Waals surface area contributed by atoms with Crippen LogP contribution in [0, 0.1) is 0 Å². The molecule has 0 bridgehead atoms. The topological polar surface area (TPSA) is 129 Å². The second-order valence-electron chi connectivity index (χ2n) is 2.78. The highest BCUT2D eigenvalue weighted by Gasteiger charge is 2.17. The molecule has 0 spiro atoms. The zero-order chi connectivity index (χ0) is 11.8. The van der Waals surface area contributed by atoms with E-state index < -0.39 is 15.9 Å². The molecule has 82 valence electrons. The molecule has 0 heterocycles. The van der Waals surface area contributed by atoms with Crippen molar-refractivity contribution in [1.82, 2.24) is 0 Å². The molecule has 0 aromatic heterocycles. The van der Waals surface area contributed by atoms with Gasteiger partial charge in [0.25, 0.3) is 5.91 Å². The van der Waals surface area contributed by atoms with Crippen molar-refractivity contribution < 1.29 is 13.2 Å². The molecule has 8 heteroatoms. The molecule has 6 nitrogen and oxygen atoms in total. The fraction of sp³-hybridized carbons (Fsp3) is 0. The van der Waals surface area contributed by atoms with Crippen LogP contribution in [0.2, 0.25) is 5.02 Å². The van der Waals surface area contributed by atoms with Crippen molar-refractivity contribution in [3.63, 3.8) is 0 Å². The van der Waals surface area contributed by atoms with Gasteiger partial charge in [-0.1, -0.05) is 11.6 Å². The maximum absolute atomic E-state index is 11.0. The third kappa shape index (κ3) is 2.38. The van der Waals surface area contributed by atoms with Crippen molar-refractivity contribution in [2.24, 2.45) is 10.9 Å². The Hall–Kier alpha value is -1.31. The summed E-state index contributed by atoms with van der Waals surface area (Å²) in [4.78, 5) is 10.5. The van der Waals surface area contributed by atoms with Crippen LogP contribution in [0.4, 0.5) is 5.69 Å². The van der Waals surface area contributed by atoms with Gasteiger partial charge in [0.2, 0.25) is 10.0 Å². The van der Waals surface area contributed by atoms with Gasteiger partial charge in [-0.05, 0) is 12.1 Å². The van der Waals surface area contributed by atoms with Gasteiger partial charge < -0.3 is 11.5 Å². The van der Waals surface area contributed by atoms with Crippen LogP contribution in [-0.4, -0.2) is 14.3 Å². The molecule has 0 aliphatic carbocycles. The summed E-state index contributed by atoms with van der Waals surface area (Å²) in [6.07, 6.45) is 0. The Bertz CT molecular complexity index is 527. The van der Waals surface area contributed by atoms with E-state index in [0.29, 0.717) is 0 Å². The lowest BCUT2D eigenvalue weighted by Gasteiger charge is -2.06. The van der Waals surface area contributed by atoms with Crippen LogP contribution >= 0.6 is 11.6 Å². The minimum absolute atomic E-state index is 0.0000926. The Labute approximate surface area is 91.0 Å². The average molecular weight is 250 g/mol. The van der Waals surface area contributed by atoms with Crippen LogP contribution in [-0.2, 0) is 10.0 Å². The number of carbonyl (C=O) groups excluding carboxylic acids is 1. The lowest BCUT2D eigenvalue weighted by atomic mass is 10.2. The SMILES string of the molecule is NC(=O)c1cc(S(N)(=O)=O)c(Cl)cc1N. The number of primary sulfonamides is 1. The summed E-state index contributed by atoms with van der Waals surface area (Å²) >= 11 is 5.60. The Morgan fingerprint density at radius 1 is 1.33 bits per heavy atom. The first kappa shape index (κ1) is 11.8. The molecule has 0 fully saturated rings. The number of amides is 1. The standard InChI is InChI=1S/C7H8ClN3O3S/c8-4-2-5(9)3(7(10)12)1-6(4)15(11,13)14/h1-2H,9H2,(H2,10,12)(H2,11,13,14). The number of primary amides is 1. The van der Waals surface area contributed by atoms with Crippen molar-refractivity contribution in [2.75, 3.05) is 5.73 Å². The second kappa shape index (κ2) is 3.69. The molecule has 0 saturated heterocycles. The first-order chi connectivity index (χ1) is 6.73. The molecule has 0 atom stereocenters. The summed E-state index contributed by atoms with van der Waals surface area (Å²) in [6, 6.07) is 2.07. The first-order valence-corrected chi connectivity index (χ1v) is 5.57. The van der Waals surface area contributed by atoms with E-state index in [2.05, 4.69) is 0 Å². The van der Waals surface area contributed by atoms with E-state index in [1.807, 2.05) is 0 Å². The molecule has 1 aromatic carbocycles. The van der Waals surface area contributed by atoms with E-state index in [1.165, 1.54) is 0 Å². The number of carbonyl (C=O) groups is 1. The Kier molecular flexibility index (Phi) is 2.89. The number of hydrogen-bond donors (Lipinski definition) is 3. The van der Waals surface area contributed by atoms with E-state index in [4.69, 9.17) is 28.2 Å². The number of rotatable bonds is 2. The monoisotopic (exact) mass is 249 g/mol. The van der Waals surface area contributed by atoms with E-state index in [1.54, 1.807) is 0 Å². The molecule has 1 rings (SSSR count). The van der Waals surface area contributed by atoms with Crippen molar-refractivity contribution in [2.45, 2.75) is 4.90 Å². The molecular formula is C7H8ClN3O3S. The molecule has 0 saturated carbocycles. The van der Waals surface area contributed by atoms with Crippen LogP contribution in [0.25, 0.3) is 0 Å². The predicted octanol–water partition coefficient (Wildman–Crippen LogP) is -0.331. The average Bonchev–Trinajstić information content (AvgIpc) is 2.00. The fourth-order valence-corrected chi connectivity index (χ4v) is 2.11. The summed E-state index contributed by atoms with van der Waals surface area (Å²) in [5.41, 5.74) is 10.3. The van der Waals surface area contributed by atoms with Crippen LogP contribution in [0.5, 0.6) is 0 Å². The van der Waals surface area contributed by atoms with Gasteiger partial charge >= 0.3 is 0 Å². The van der Waals surface area contributed by atoms with E-state index >= 15 is 0 Å². The van der Waals surface area contributed by atoms with Crippen LogP contribution in [0.1, 0.15) is 10.4 Å². The number of hydrogen-bond acceptors (Lipinski definition) is 4. The number of halogens is 1. The molecule has 0 radical (unpaired) electrons. The quantitative estimate of drug-likeness (QED) is 0.620. The molecule has 1 amide bonds. The van der Waals surface area contributed by atoms with Gasteiger partial charge in [0, 0.05) is 5.69 Å². The normalized spacial score (nSPS) is 11.3. The number of nitrogens with two attached hydrogens (primary N) is 3. The number of anilines is 1. The maximum atomic E-state index is 11.0. The number of nitrogen functional groups attached to an aromatic ring is 1. The predicted molar refractivity (Wildman–Crippen MR) is 55.8 cm³/mol. The van der Waals surface area contributed by atoms with Crippen LogP contribution in [0.15, 0.2) is 17.0 Å². The fourth-order valence-electron chi connectivity index (χ4n) is 1.00. The van der Waals surface area contributed by atoms with E-state index in [0.717, 1.165) is 12.1 Å². The summed E-state index contributed by atoms with van der Waals surface area (Å²) in [5.74, 6) is -0.853. The summed E-state index contributed by atoms with van der Waals surface area (Å²) in [5, 5.41) is 4.72. The molecule has 6 N–H and O–H groups in total. The van der Waals surface area contributed by atoms with E-state index in [9.17, 15) is 13.2 Å². The largest absolute Gasteiger partial charge is 0.398 e. The van der Waals surface area contributed by atoms with Crippen LogP contribution < -0.4 is 16.6 Å². The zero-order valence-electron chi connectivity index (χ0n) is 7.40. The Morgan fingerprint density at radius 3 is 2.27 bits per heavy atom. The molecule has 0 unspecified atom stereocenters. The van der Waals surface area contributed by atoms with Crippen LogP contribution in [0.3, 0.4) is 0 Å². The van der Waals surface area contributed by atoms with E-state index in [-0.39, 0.29) is 21.2 Å². The third-order valence-electron chi connectivity index (χ3n) is 1.68. The Balaban J connectivity index is 3.58. The van der Waals surface area contributed by atoms with Gasteiger partial charge in [-0.25, -0.2) is 13.6 Å². The smallest absolute Gasteiger partial charge is 0.250 e. The highest BCUT2D eigenvalue weighted by molar-refractivity contribution is 7.89. The van der Waals surface area contributed by atoms with Gasteiger partial charge in [0.1, 0.15) is 4.90 Å². The number of sulfonamides is 1. The highest BCUT2D eigenvalue weighted by atomic mass is 35.5. The summed E-state index contributed by atoms with van der Waals surface area (Å²) in [6.45, 7) is 0. The highest BCUT2D eigenvalue weighted by Crippen LogP contribution is 2.25. The van der Waals surface area contributed by atoms with Crippen molar-refractivity contribution in [3.8, 4) is 0 Å². The minimum Gasteiger partial charge on any atom is -0.398 e. The maximum Gasteiger partial charge on any atom is 0.250 e. The third-order valence-corrected chi connectivity index (χ3v) is 3.05. The molecular weight excluding hydrogens is 242 g/mol.